The summed E-state index contributed by atoms with van der Waals surface area (Å²) in [5, 5.41) is 0. The molecule has 1 fully saturated rings. The smallest absolute Gasteiger partial charge is 0.416 e. The van der Waals surface area contributed by atoms with Gasteiger partial charge in [0.25, 0.3) is 0 Å². The molecule has 1 saturated heterocycles. The minimum atomic E-state index is -4.34. The van der Waals surface area contributed by atoms with Crippen LogP contribution < -0.4 is 9.47 Å². The molecule has 2 aromatic rings. The fourth-order valence-electron chi connectivity index (χ4n) is 3.00. The van der Waals surface area contributed by atoms with E-state index in [0.29, 0.717) is 19.0 Å². The highest BCUT2D eigenvalue weighted by molar-refractivity contribution is 7.99. The molecule has 170 valence electrons. The number of hydrogen-bond acceptors (Lipinski definition) is 5. The standard InChI is InChI=1S/C23H27F3O4S/c1-4-17(12-27-19-7-5-18(6-8-19)23(24,25)26)14-31-20-9-10-21(15(2)11-20)28-13-22-29-16(3)30-22/h5-11,16-17,22H,4,12-14H2,1-3H3. The van der Waals surface area contributed by atoms with Gasteiger partial charge in [0.1, 0.15) is 18.1 Å². The monoisotopic (exact) mass is 456 g/mol. The summed E-state index contributed by atoms with van der Waals surface area (Å²) in [7, 11) is 0. The number of rotatable bonds is 10. The third-order valence-electron chi connectivity index (χ3n) is 4.94. The van der Waals surface area contributed by atoms with Crippen LogP contribution in [0.1, 0.15) is 31.4 Å². The highest BCUT2D eigenvalue weighted by Crippen LogP contribution is 2.31. The van der Waals surface area contributed by atoms with Crippen molar-refractivity contribution in [2.24, 2.45) is 5.92 Å². The average molecular weight is 457 g/mol. The van der Waals surface area contributed by atoms with E-state index in [1.807, 2.05) is 26.0 Å². The molecule has 1 atom stereocenters. The first kappa shape index (κ1) is 23.8. The maximum Gasteiger partial charge on any atom is 0.416 e. The van der Waals surface area contributed by atoms with Crippen LogP contribution in [-0.4, -0.2) is 31.5 Å². The zero-order valence-electron chi connectivity index (χ0n) is 17.8. The van der Waals surface area contributed by atoms with Crippen molar-refractivity contribution in [3.8, 4) is 11.5 Å². The van der Waals surface area contributed by atoms with Crippen LogP contribution in [0.2, 0.25) is 0 Å². The van der Waals surface area contributed by atoms with Gasteiger partial charge in [0.05, 0.1) is 12.2 Å². The Morgan fingerprint density at radius 3 is 2.35 bits per heavy atom. The van der Waals surface area contributed by atoms with Crippen molar-refractivity contribution in [3.63, 3.8) is 0 Å². The highest BCUT2D eigenvalue weighted by Gasteiger charge is 2.30. The van der Waals surface area contributed by atoms with Crippen molar-refractivity contribution in [2.45, 2.75) is 50.8 Å². The fourth-order valence-corrected chi connectivity index (χ4v) is 4.18. The van der Waals surface area contributed by atoms with E-state index in [-0.39, 0.29) is 18.5 Å². The van der Waals surface area contributed by atoms with E-state index < -0.39 is 11.7 Å². The Bertz CT molecular complexity index is 836. The molecule has 0 bridgehead atoms. The van der Waals surface area contributed by atoms with E-state index >= 15 is 0 Å². The van der Waals surface area contributed by atoms with Crippen LogP contribution in [0.5, 0.6) is 11.5 Å². The summed E-state index contributed by atoms with van der Waals surface area (Å²) in [4.78, 5) is 1.13. The minimum Gasteiger partial charge on any atom is -0.493 e. The van der Waals surface area contributed by atoms with Crippen molar-refractivity contribution >= 4 is 11.8 Å². The van der Waals surface area contributed by atoms with Crippen molar-refractivity contribution in [1.29, 1.82) is 0 Å². The highest BCUT2D eigenvalue weighted by atomic mass is 32.2. The molecule has 1 aliphatic heterocycles. The third kappa shape index (κ3) is 7.05. The van der Waals surface area contributed by atoms with E-state index in [0.717, 1.165) is 40.5 Å². The second kappa shape index (κ2) is 10.6. The lowest BCUT2D eigenvalue weighted by molar-refractivity contribution is -0.380. The zero-order chi connectivity index (χ0) is 22.4. The molecule has 4 nitrogen and oxygen atoms in total. The molecular weight excluding hydrogens is 429 g/mol. The summed E-state index contributed by atoms with van der Waals surface area (Å²) >= 11 is 1.72. The minimum absolute atomic E-state index is 0.164. The molecule has 1 unspecified atom stereocenters. The molecule has 0 spiro atoms. The number of aryl methyl sites for hydroxylation is 1. The van der Waals surface area contributed by atoms with Gasteiger partial charge in [-0.25, -0.2) is 0 Å². The Morgan fingerprint density at radius 2 is 1.77 bits per heavy atom. The largest absolute Gasteiger partial charge is 0.493 e. The van der Waals surface area contributed by atoms with E-state index in [9.17, 15) is 13.2 Å². The molecule has 1 aliphatic rings. The van der Waals surface area contributed by atoms with Gasteiger partial charge in [-0.1, -0.05) is 6.92 Å². The second-order valence-electron chi connectivity index (χ2n) is 7.43. The van der Waals surface area contributed by atoms with E-state index in [1.165, 1.54) is 12.1 Å². The summed E-state index contributed by atoms with van der Waals surface area (Å²) in [6, 6.07) is 10.9. The molecule has 8 heteroatoms. The Balaban J connectivity index is 1.44. The number of alkyl halides is 3. The SMILES string of the molecule is CCC(COc1ccc(C(F)(F)F)cc1)CSc1ccc(OCC2OC(C)O2)c(C)c1. The average Bonchev–Trinajstić information content (AvgIpc) is 2.71. The lowest BCUT2D eigenvalue weighted by atomic mass is 10.1. The fraction of sp³-hybridized carbons (Fsp3) is 0.478. The van der Waals surface area contributed by atoms with Crippen LogP contribution in [0.3, 0.4) is 0 Å². The topological polar surface area (TPSA) is 36.9 Å². The van der Waals surface area contributed by atoms with Gasteiger partial charge < -0.3 is 18.9 Å². The van der Waals surface area contributed by atoms with Crippen molar-refractivity contribution in [2.75, 3.05) is 19.0 Å². The van der Waals surface area contributed by atoms with Crippen molar-refractivity contribution < 1.29 is 32.1 Å². The van der Waals surface area contributed by atoms with Gasteiger partial charge in [-0.05, 0) is 68.3 Å². The van der Waals surface area contributed by atoms with Crippen LogP contribution in [0.4, 0.5) is 13.2 Å². The first-order chi connectivity index (χ1) is 14.7. The molecule has 0 aromatic heterocycles. The predicted molar refractivity (Wildman–Crippen MR) is 114 cm³/mol. The number of ether oxygens (including phenoxy) is 4. The Labute approximate surface area is 185 Å². The van der Waals surface area contributed by atoms with Gasteiger partial charge in [0.15, 0.2) is 12.6 Å². The summed E-state index contributed by atoms with van der Waals surface area (Å²) < 4.78 is 60.2. The lowest BCUT2D eigenvalue weighted by Crippen LogP contribution is -2.42. The first-order valence-electron chi connectivity index (χ1n) is 10.2. The van der Waals surface area contributed by atoms with Crippen molar-refractivity contribution in [3.05, 3.63) is 53.6 Å². The summed E-state index contributed by atoms with van der Waals surface area (Å²) in [5.74, 6) is 2.37. The van der Waals surface area contributed by atoms with Crippen LogP contribution in [-0.2, 0) is 15.7 Å². The second-order valence-corrected chi connectivity index (χ2v) is 8.52. The number of thioether (sulfide) groups is 1. The Morgan fingerprint density at radius 1 is 1.06 bits per heavy atom. The number of benzene rings is 2. The molecule has 0 N–H and O–H groups in total. The molecule has 0 saturated carbocycles. The van der Waals surface area contributed by atoms with Gasteiger partial charge in [-0.15, -0.1) is 11.8 Å². The zero-order valence-corrected chi connectivity index (χ0v) is 18.6. The lowest BCUT2D eigenvalue weighted by Gasteiger charge is -2.33. The molecule has 1 heterocycles. The molecule has 0 amide bonds. The summed E-state index contributed by atoms with van der Waals surface area (Å²) in [5.41, 5.74) is 0.360. The third-order valence-corrected chi connectivity index (χ3v) is 6.16. The van der Waals surface area contributed by atoms with E-state index in [1.54, 1.807) is 11.8 Å². The summed E-state index contributed by atoms with van der Waals surface area (Å²) in [6.45, 7) is 6.72. The predicted octanol–water partition coefficient (Wildman–Crippen LogP) is 6.31. The molecule has 0 radical (unpaired) electrons. The molecular formula is C23H27F3O4S. The van der Waals surface area contributed by atoms with Crippen LogP contribution in [0.15, 0.2) is 47.4 Å². The van der Waals surface area contributed by atoms with Gasteiger partial charge in [-0.3, -0.25) is 0 Å². The van der Waals surface area contributed by atoms with Crippen LogP contribution >= 0.6 is 11.8 Å². The van der Waals surface area contributed by atoms with Crippen LogP contribution in [0.25, 0.3) is 0 Å². The summed E-state index contributed by atoms with van der Waals surface area (Å²) in [6.07, 6.45) is -3.90. The van der Waals surface area contributed by atoms with E-state index in [2.05, 4.69) is 13.0 Å². The van der Waals surface area contributed by atoms with Gasteiger partial charge in [-0.2, -0.15) is 13.2 Å². The maximum atomic E-state index is 12.7. The maximum absolute atomic E-state index is 12.7. The van der Waals surface area contributed by atoms with Crippen molar-refractivity contribution in [1.82, 2.24) is 0 Å². The number of hydrogen-bond donors (Lipinski definition) is 0. The van der Waals surface area contributed by atoms with Gasteiger partial charge in [0.2, 0.25) is 0 Å². The van der Waals surface area contributed by atoms with Gasteiger partial charge in [0, 0.05) is 16.6 Å². The Hall–Kier alpha value is -1.90. The Kier molecular flexibility index (Phi) is 8.13. The quantitative estimate of drug-likeness (QED) is 0.392. The van der Waals surface area contributed by atoms with E-state index in [4.69, 9.17) is 18.9 Å². The number of halogens is 3. The molecule has 3 rings (SSSR count). The van der Waals surface area contributed by atoms with Gasteiger partial charge >= 0.3 is 6.18 Å². The first-order valence-corrected chi connectivity index (χ1v) is 11.2. The normalized spacial score (nSPS) is 19.5. The van der Waals surface area contributed by atoms with Crippen LogP contribution in [0, 0.1) is 12.8 Å². The molecule has 0 aliphatic carbocycles. The molecule has 31 heavy (non-hydrogen) atoms. The molecule has 2 aromatic carbocycles.